The van der Waals surface area contributed by atoms with Crippen LogP contribution in [0.15, 0.2) is 47.9 Å². The molecule has 0 bridgehead atoms. The summed E-state index contributed by atoms with van der Waals surface area (Å²) >= 11 is 4.22. The first kappa shape index (κ1) is 12.7. The van der Waals surface area contributed by atoms with Gasteiger partial charge in [-0.1, -0.05) is 6.07 Å². The highest BCUT2D eigenvalue weighted by atomic mass is 32.1. The summed E-state index contributed by atoms with van der Waals surface area (Å²) in [5.74, 6) is -0.0847. The molecular formula is C13H15N3OS. The quantitative estimate of drug-likeness (QED) is 0.827. The third kappa shape index (κ3) is 3.37. The summed E-state index contributed by atoms with van der Waals surface area (Å²) < 4.78 is 1.93. The Hall–Kier alpha value is -1.75. The van der Waals surface area contributed by atoms with Crippen molar-refractivity contribution < 1.29 is 4.79 Å². The summed E-state index contributed by atoms with van der Waals surface area (Å²) in [4.78, 5) is 16.7. The van der Waals surface area contributed by atoms with E-state index in [0.29, 0.717) is 12.1 Å². The van der Waals surface area contributed by atoms with Gasteiger partial charge in [0.1, 0.15) is 0 Å². The van der Waals surface area contributed by atoms with Gasteiger partial charge in [0.25, 0.3) is 5.91 Å². The summed E-state index contributed by atoms with van der Waals surface area (Å²) in [6.45, 7) is 2.66. The molecule has 1 heterocycles. The Kier molecular flexibility index (Phi) is 4.04. The maximum atomic E-state index is 12.0. The van der Waals surface area contributed by atoms with Crippen molar-refractivity contribution >= 4 is 18.5 Å². The average molecular weight is 261 g/mol. The van der Waals surface area contributed by atoms with Gasteiger partial charge in [0, 0.05) is 35.4 Å². The fourth-order valence-electron chi connectivity index (χ4n) is 1.71. The molecule has 2 rings (SSSR count). The number of hydrogen-bond donors (Lipinski definition) is 2. The van der Waals surface area contributed by atoms with E-state index in [1.165, 1.54) is 0 Å². The Bertz CT molecular complexity index is 525. The second-order valence-corrected chi connectivity index (χ2v) is 4.70. The number of rotatable bonds is 4. The van der Waals surface area contributed by atoms with Gasteiger partial charge >= 0.3 is 0 Å². The van der Waals surface area contributed by atoms with Crippen molar-refractivity contribution in [2.24, 2.45) is 0 Å². The highest BCUT2D eigenvalue weighted by Crippen LogP contribution is 2.09. The molecule has 4 nitrogen and oxygen atoms in total. The van der Waals surface area contributed by atoms with Crippen LogP contribution in [0, 0.1) is 0 Å². The summed E-state index contributed by atoms with van der Waals surface area (Å²) in [5, 5.41) is 2.94. The van der Waals surface area contributed by atoms with Gasteiger partial charge in [0.15, 0.2) is 0 Å². The number of aromatic nitrogens is 2. The first-order chi connectivity index (χ1) is 8.65. The van der Waals surface area contributed by atoms with Crippen molar-refractivity contribution in [3.8, 4) is 0 Å². The van der Waals surface area contributed by atoms with Crippen LogP contribution in [0.4, 0.5) is 0 Å². The molecule has 1 N–H and O–H groups in total. The van der Waals surface area contributed by atoms with Gasteiger partial charge in [-0.2, -0.15) is 0 Å². The molecule has 5 heteroatoms. The predicted molar refractivity (Wildman–Crippen MR) is 72.8 cm³/mol. The zero-order valence-corrected chi connectivity index (χ0v) is 11.0. The van der Waals surface area contributed by atoms with Crippen molar-refractivity contribution in [3.63, 3.8) is 0 Å². The van der Waals surface area contributed by atoms with Crippen LogP contribution < -0.4 is 5.32 Å². The Morgan fingerprint density at radius 2 is 2.39 bits per heavy atom. The van der Waals surface area contributed by atoms with E-state index in [1.54, 1.807) is 24.7 Å². The SMILES string of the molecule is CC(Cn1ccnc1)NC(=O)c1cccc(S)c1. The monoisotopic (exact) mass is 261 g/mol. The number of benzene rings is 1. The van der Waals surface area contributed by atoms with Gasteiger partial charge in [-0.25, -0.2) is 4.98 Å². The average Bonchev–Trinajstić information content (AvgIpc) is 2.81. The summed E-state index contributed by atoms with van der Waals surface area (Å²) in [5.41, 5.74) is 0.625. The van der Waals surface area contributed by atoms with Gasteiger partial charge in [-0.3, -0.25) is 4.79 Å². The van der Waals surface area contributed by atoms with Gasteiger partial charge < -0.3 is 9.88 Å². The molecule has 0 saturated heterocycles. The number of nitrogens with zero attached hydrogens (tertiary/aromatic N) is 2. The van der Waals surface area contributed by atoms with Gasteiger partial charge in [0.2, 0.25) is 0 Å². The third-order valence-electron chi connectivity index (χ3n) is 2.53. The van der Waals surface area contributed by atoms with E-state index in [1.807, 2.05) is 29.8 Å². The molecule has 1 amide bonds. The zero-order chi connectivity index (χ0) is 13.0. The minimum Gasteiger partial charge on any atom is -0.348 e. The molecule has 94 valence electrons. The first-order valence-corrected chi connectivity index (χ1v) is 6.15. The van der Waals surface area contributed by atoms with Gasteiger partial charge in [-0.15, -0.1) is 12.6 Å². The van der Waals surface area contributed by atoms with E-state index in [2.05, 4.69) is 22.9 Å². The molecule has 0 radical (unpaired) electrons. The number of nitrogens with one attached hydrogen (secondary N) is 1. The first-order valence-electron chi connectivity index (χ1n) is 5.71. The van der Waals surface area contributed by atoms with E-state index in [4.69, 9.17) is 0 Å². The second kappa shape index (κ2) is 5.73. The Morgan fingerprint density at radius 3 is 3.06 bits per heavy atom. The minimum absolute atomic E-state index is 0.0373. The number of thiol groups is 1. The highest BCUT2D eigenvalue weighted by molar-refractivity contribution is 7.80. The Balaban J connectivity index is 1.95. The van der Waals surface area contributed by atoms with Gasteiger partial charge in [-0.05, 0) is 25.1 Å². The molecule has 0 fully saturated rings. The summed E-state index contributed by atoms with van der Waals surface area (Å²) in [6, 6.07) is 7.23. The lowest BCUT2D eigenvalue weighted by Crippen LogP contribution is -2.35. The van der Waals surface area contributed by atoms with Crippen molar-refractivity contribution in [2.75, 3.05) is 0 Å². The summed E-state index contributed by atoms with van der Waals surface area (Å²) in [6.07, 6.45) is 5.33. The lowest BCUT2D eigenvalue weighted by Gasteiger charge is -2.14. The molecule has 0 aliphatic rings. The second-order valence-electron chi connectivity index (χ2n) is 4.18. The van der Waals surface area contributed by atoms with Crippen molar-refractivity contribution in [2.45, 2.75) is 24.4 Å². The molecule has 1 atom stereocenters. The molecule has 0 spiro atoms. The molecule has 0 aliphatic heterocycles. The van der Waals surface area contributed by atoms with Crippen LogP contribution >= 0.6 is 12.6 Å². The standard InChI is InChI=1S/C13H15N3OS/c1-10(8-16-6-5-14-9-16)15-13(17)11-3-2-4-12(18)7-11/h2-7,9-10,18H,8H2,1H3,(H,15,17). The lowest BCUT2D eigenvalue weighted by atomic mass is 10.2. The van der Waals surface area contributed by atoms with Crippen molar-refractivity contribution in [1.29, 1.82) is 0 Å². The van der Waals surface area contributed by atoms with Crippen LogP contribution in [-0.2, 0) is 6.54 Å². The topological polar surface area (TPSA) is 46.9 Å². The number of hydrogen-bond acceptors (Lipinski definition) is 3. The molecule has 2 aromatic rings. The van der Waals surface area contributed by atoms with Crippen LogP contribution in [0.5, 0.6) is 0 Å². The number of imidazole rings is 1. The van der Waals surface area contributed by atoms with E-state index >= 15 is 0 Å². The minimum atomic E-state index is -0.0847. The molecule has 1 aromatic carbocycles. The molecule has 1 unspecified atom stereocenters. The normalized spacial score (nSPS) is 12.1. The van der Waals surface area contributed by atoms with Crippen molar-refractivity contribution in [3.05, 3.63) is 48.5 Å². The molecular weight excluding hydrogens is 246 g/mol. The van der Waals surface area contributed by atoms with Crippen LogP contribution in [0.2, 0.25) is 0 Å². The van der Waals surface area contributed by atoms with E-state index < -0.39 is 0 Å². The van der Waals surface area contributed by atoms with Crippen molar-refractivity contribution in [1.82, 2.24) is 14.9 Å². The molecule has 18 heavy (non-hydrogen) atoms. The van der Waals surface area contributed by atoms with Gasteiger partial charge in [0.05, 0.1) is 6.33 Å². The number of carbonyl (C=O) groups excluding carboxylic acids is 1. The third-order valence-corrected chi connectivity index (χ3v) is 2.81. The maximum absolute atomic E-state index is 12.0. The van der Waals surface area contributed by atoms with Crippen LogP contribution in [0.3, 0.4) is 0 Å². The molecule has 0 saturated carbocycles. The smallest absolute Gasteiger partial charge is 0.251 e. The fraction of sp³-hybridized carbons (Fsp3) is 0.231. The zero-order valence-electron chi connectivity index (χ0n) is 10.1. The van der Waals surface area contributed by atoms with Crippen LogP contribution in [0.25, 0.3) is 0 Å². The number of amides is 1. The van der Waals surface area contributed by atoms with Crippen LogP contribution in [0.1, 0.15) is 17.3 Å². The van der Waals surface area contributed by atoms with E-state index in [0.717, 1.165) is 4.90 Å². The summed E-state index contributed by atoms with van der Waals surface area (Å²) in [7, 11) is 0. The molecule has 1 aromatic heterocycles. The predicted octanol–water partition coefficient (Wildman–Crippen LogP) is 1.99. The fourth-order valence-corrected chi connectivity index (χ4v) is 1.94. The lowest BCUT2D eigenvalue weighted by molar-refractivity contribution is 0.0936. The Labute approximate surface area is 111 Å². The van der Waals surface area contributed by atoms with E-state index in [9.17, 15) is 4.79 Å². The number of carbonyl (C=O) groups is 1. The highest BCUT2D eigenvalue weighted by Gasteiger charge is 2.10. The van der Waals surface area contributed by atoms with Crippen LogP contribution in [-0.4, -0.2) is 21.5 Å². The molecule has 0 aliphatic carbocycles. The van der Waals surface area contributed by atoms with E-state index in [-0.39, 0.29) is 11.9 Å². The maximum Gasteiger partial charge on any atom is 0.251 e. The largest absolute Gasteiger partial charge is 0.348 e. The Morgan fingerprint density at radius 1 is 1.56 bits per heavy atom.